The molecule has 3 heterocycles. The highest BCUT2D eigenvalue weighted by molar-refractivity contribution is 6.36. The van der Waals surface area contributed by atoms with E-state index in [1.165, 1.54) is 17.7 Å². The summed E-state index contributed by atoms with van der Waals surface area (Å²) in [6.45, 7) is 3.13. The number of amides is 1. The van der Waals surface area contributed by atoms with Crippen LogP contribution in [0.5, 0.6) is 6.01 Å². The molecule has 2 aromatic carbocycles. The Morgan fingerprint density at radius 2 is 1.83 bits per heavy atom. The zero-order valence-electron chi connectivity index (χ0n) is 20.1. The van der Waals surface area contributed by atoms with E-state index in [0.717, 1.165) is 59.0 Å². The van der Waals surface area contributed by atoms with E-state index in [2.05, 4.69) is 34.1 Å². The van der Waals surface area contributed by atoms with Crippen molar-refractivity contribution in [3.8, 4) is 6.01 Å². The maximum atomic E-state index is 12.5. The van der Waals surface area contributed by atoms with Crippen molar-refractivity contribution in [1.82, 2.24) is 15.0 Å². The van der Waals surface area contributed by atoms with Gasteiger partial charge in [0, 0.05) is 43.3 Å². The van der Waals surface area contributed by atoms with Gasteiger partial charge in [-0.25, -0.2) is 5.06 Å². The molecule has 0 bridgehead atoms. The zero-order chi connectivity index (χ0) is 24.3. The minimum Gasteiger partial charge on any atom is -0.467 e. The molecule has 0 spiro atoms. The summed E-state index contributed by atoms with van der Waals surface area (Å²) in [7, 11) is 4.80. The number of carbonyl (C=O) groups excluding carboxylic acids is 1. The highest BCUT2D eigenvalue weighted by Gasteiger charge is 2.60. The summed E-state index contributed by atoms with van der Waals surface area (Å²) in [4.78, 5) is 31.8. The Kier molecular flexibility index (Phi) is 5.45. The maximum absolute atomic E-state index is 12.5. The van der Waals surface area contributed by atoms with Crippen LogP contribution in [0.3, 0.4) is 0 Å². The lowest BCUT2D eigenvalue weighted by molar-refractivity contribution is -0.171. The van der Waals surface area contributed by atoms with E-state index in [4.69, 9.17) is 31.1 Å². The Hall–Kier alpha value is -3.10. The first-order valence-corrected chi connectivity index (χ1v) is 12.3. The van der Waals surface area contributed by atoms with Gasteiger partial charge in [-0.15, -0.1) is 0 Å². The SMILES string of the molecule is COc1nc2c(c(N3CC4C(C3)C4C(=O)N(C)OC)n1)CCN(c1cccc3cccc(Cl)c13)C2. The number of nitrogens with zero attached hydrogens (tertiary/aromatic N) is 5. The van der Waals surface area contributed by atoms with Crippen LogP contribution in [-0.2, 0) is 22.6 Å². The van der Waals surface area contributed by atoms with Crippen molar-refractivity contribution in [2.24, 2.45) is 17.8 Å². The lowest BCUT2D eigenvalue weighted by Crippen LogP contribution is -2.36. The summed E-state index contributed by atoms with van der Waals surface area (Å²) in [5.41, 5.74) is 3.27. The van der Waals surface area contributed by atoms with Gasteiger partial charge in [0.15, 0.2) is 0 Å². The number of anilines is 2. The summed E-state index contributed by atoms with van der Waals surface area (Å²) in [6, 6.07) is 12.7. The Bertz CT molecular complexity index is 1300. The van der Waals surface area contributed by atoms with Crippen LogP contribution in [-0.4, -0.2) is 61.8 Å². The smallest absolute Gasteiger partial charge is 0.318 e. The molecule has 1 amide bonds. The topological polar surface area (TPSA) is 71.0 Å². The van der Waals surface area contributed by atoms with Gasteiger partial charge < -0.3 is 14.5 Å². The molecular formula is C26H28ClN5O3. The first-order chi connectivity index (χ1) is 17.0. The molecule has 3 aromatic rings. The number of carbonyl (C=O) groups is 1. The van der Waals surface area contributed by atoms with Crippen LogP contribution < -0.4 is 14.5 Å². The van der Waals surface area contributed by atoms with E-state index in [1.807, 2.05) is 12.1 Å². The summed E-state index contributed by atoms with van der Waals surface area (Å²) in [5, 5.41) is 4.29. The third-order valence-electron chi connectivity index (χ3n) is 7.74. The fourth-order valence-corrected chi connectivity index (χ4v) is 6.13. The zero-order valence-corrected chi connectivity index (χ0v) is 20.8. The highest BCUT2D eigenvalue weighted by Crippen LogP contribution is 2.53. The number of benzene rings is 2. The number of fused-ring (bicyclic) bond motifs is 3. The van der Waals surface area contributed by atoms with Gasteiger partial charge >= 0.3 is 6.01 Å². The van der Waals surface area contributed by atoms with Crippen molar-refractivity contribution >= 4 is 39.8 Å². The van der Waals surface area contributed by atoms with Crippen LogP contribution in [0.25, 0.3) is 10.8 Å². The first-order valence-electron chi connectivity index (χ1n) is 11.9. The molecule has 2 atom stereocenters. The standard InChI is InChI=1S/C26H28ClN5O3/c1-30(35-3)25(33)23-17-12-32(13-18(17)23)24-16-10-11-31(14-20(16)28-26(29-24)34-2)21-9-5-7-15-6-4-8-19(27)22(15)21/h4-9,17-18,23H,10-14H2,1-3H3. The van der Waals surface area contributed by atoms with Gasteiger partial charge in [-0.3, -0.25) is 9.63 Å². The number of methoxy groups -OCH3 is 1. The summed E-state index contributed by atoms with van der Waals surface area (Å²) < 4.78 is 5.49. The average molecular weight is 494 g/mol. The molecule has 0 N–H and O–H groups in total. The van der Waals surface area contributed by atoms with Crippen molar-refractivity contribution in [2.45, 2.75) is 13.0 Å². The Labute approximate surface area is 209 Å². The number of ether oxygens (including phenoxy) is 1. The van der Waals surface area contributed by atoms with Gasteiger partial charge in [-0.05, 0) is 35.8 Å². The van der Waals surface area contributed by atoms with Crippen molar-refractivity contribution in [3.05, 3.63) is 52.7 Å². The number of halogens is 1. The van der Waals surface area contributed by atoms with Crippen molar-refractivity contribution < 1.29 is 14.4 Å². The molecule has 6 rings (SSSR count). The van der Waals surface area contributed by atoms with Crippen LogP contribution in [0.4, 0.5) is 11.5 Å². The second-order valence-electron chi connectivity index (χ2n) is 9.52. The minimum absolute atomic E-state index is 0.0439. The monoisotopic (exact) mass is 493 g/mol. The van der Waals surface area contributed by atoms with E-state index in [-0.39, 0.29) is 11.8 Å². The number of hydrogen-bond acceptors (Lipinski definition) is 7. The molecule has 1 saturated heterocycles. The molecule has 0 radical (unpaired) electrons. The molecule has 8 nitrogen and oxygen atoms in total. The maximum Gasteiger partial charge on any atom is 0.318 e. The average Bonchev–Trinajstić information content (AvgIpc) is 3.38. The summed E-state index contributed by atoms with van der Waals surface area (Å²) in [5.74, 6) is 1.74. The number of aromatic nitrogens is 2. The fourth-order valence-electron chi connectivity index (χ4n) is 5.85. The predicted molar refractivity (Wildman–Crippen MR) is 135 cm³/mol. The number of rotatable bonds is 5. The van der Waals surface area contributed by atoms with E-state index in [0.29, 0.717) is 24.4 Å². The molecule has 35 heavy (non-hydrogen) atoms. The van der Waals surface area contributed by atoms with Crippen LogP contribution >= 0.6 is 11.6 Å². The van der Waals surface area contributed by atoms with Gasteiger partial charge in [-0.2, -0.15) is 9.97 Å². The van der Waals surface area contributed by atoms with Gasteiger partial charge in [0.25, 0.3) is 0 Å². The van der Waals surface area contributed by atoms with Crippen molar-refractivity contribution in [1.29, 1.82) is 0 Å². The van der Waals surface area contributed by atoms with E-state index >= 15 is 0 Å². The first kappa shape index (κ1) is 22.4. The summed E-state index contributed by atoms with van der Waals surface area (Å²) >= 11 is 6.61. The van der Waals surface area contributed by atoms with Crippen LogP contribution in [0.1, 0.15) is 11.3 Å². The second kappa shape index (κ2) is 8.53. The molecule has 9 heteroatoms. The molecule has 1 aromatic heterocycles. The third kappa shape index (κ3) is 3.67. The lowest BCUT2D eigenvalue weighted by Gasteiger charge is -2.33. The molecule has 1 saturated carbocycles. The fraction of sp³-hybridized carbons (Fsp3) is 0.423. The Morgan fingerprint density at radius 3 is 2.54 bits per heavy atom. The van der Waals surface area contributed by atoms with Gasteiger partial charge in [0.2, 0.25) is 5.91 Å². The third-order valence-corrected chi connectivity index (χ3v) is 8.06. The summed E-state index contributed by atoms with van der Waals surface area (Å²) in [6.07, 6.45) is 0.829. The molecule has 2 aliphatic heterocycles. The Balaban J connectivity index is 1.28. The molecular weight excluding hydrogens is 466 g/mol. The molecule has 182 valence electrons. The van der Waals surface area contributed by atoms with Crippen molar-refractivity contribution in [3.63, 3.8) is 0 Å². The van der Waals surface area contributed by atoms with Gasteiger partial charge in [0.05, 0.1) is 37.4 Å². The molecule has 2 fully saturated rings. The number of hydroxylamine groups is 2. The van der Waals surface area contributed by atoms with Crippen molar-refractivity contribution in [2.75, 3.05) is 50.7 Å². The van der Waals surface area contributed by atoms with E-state index in [1.54, 1.807) is 14.2 Å². The Morgan fingerprint density at radius 1 is 1.09 bits per heavy atom. The number of hydrogen-bond donors (Lipinski definition) is 0. The quantitative estimate of drug-likeness (QED) is 0.503. The normalized spacial score (nSPS) is 22.7. The predicted octanol–water partition coefficient (Wildman–Crippen LogP) is 3.56. The largest absolute Gasteiger partial charge is 0.467 e. The van der Waals surface area contributed by atoms with Crippen LogP contribution in [0, 0.1) is 17.8 Å². The molecule has 3 aliphatic rings. The van der Waals surface area contributed by atoms with E-state index in [9.17, 15) is 4.79 Å². The highest BCUT2D eigenvalue weighted by atomic mass is 35.5. The van der Waals surface area contributed by atoms with Crippen LogP contribution in [0.2, 0.25) is 5.02 Å². The van der Waals surface area contributed by atoms with Gasteiger partial charge in [-0.1, -0.05) is 35.9 Å². The second-order valence-corrected chi connectivity index (χ2v) is 9.93. The minimum atomic E-state index is 0.0439. The molecule has 1 aliphatic carbocycles. The van der Waals surface area contributed by atoms with E-state index < -0.39 is 0 Å². The molecule has 2 unspecified atom stereocenters. The number of piperidine rings is 1. The van der Waals surface area contributed by atoms with Gasteiger partial charge in [0.1, 0.15) is 5.82 Å². The lowest BCUT2D eigenvalue weighted by atomic mass is 10.0. The van der Waals surface area contributed by atoms with Crippen LogP contribution in [0.15, 0.2) is 36.4 Å².